The van der Waals surface area contributed by atoms with Crippen molar-refractivity contribution in [1.82, 2.24) is 4.98 Å². The molecule has 6 nitrogen and oxygen atoms in total. The first-order valence-electron chi connectivity index (χ1n) is 8.08. The second kappa shape index (κ2) is 6.37. The second-order valence-corrected chi connectivity index (χ2v) is 8.79. The molecule has 2 aliphatic rings. The molecule has 23 heavy (non-hydrogen) atoms. The lowest BCUT2D eigenvalue weighted by molar-refractivity contribution is -0.164. The standard InChI is InChI=1S/C16H24N2O4S/c1-23(20,21)12-13-4-5-15(17-11-13)18-8-6-16(7-9-18)14(19)3-2-10-22-16/h4-5,11,14,19H,2-3,6-10,12H2,1H3. The van der Waals surface area contributed by atoms with Gasteiger partial charge in [0.2, 0.25) is 0 Å². The molecular formula is C16H24N2O4S. The van der Waals surface area contributed by atoms with Crippen LogP contribution in [0.25, 0.3) is 0 Å². The molecule has 0 saturated carbocycles. The lowest BCUT2D eigenvalue weighted by Gasteiger charge is -2.47. The van der Waals surface area contributed by atoms with Crippen molar-refractivity contribution < 1.29 is 18.3 Å². The highest BCUT2D eigenvalue weighted by Gasteiger charge is 2.43. The number of anilines is 1. The van der Waals surface area contributed by atoms with Crippen molar-refractivity contribution in [3.05, 3.63) is 23.9 Å². The van der Waals surface area contributed by atoms with Crippen LogP contribution in [0.4, 0.5) is 5.82 Å². The van der Waals surface area contributed by atoms with Crippen molar-refractivity contribution >= 4 is 15.7 Å². The molecule has 1 atom stereocenters. The number of piperidine rings is 1. The number of pyridine rings is 1. The Morgan fingerprint density at radius 2 is 2.13 bits per heavy atom. The summed E-state index contributed by atoms with van der Waals surface area (Å²) >= 11 is 0. The van der Waals surface area contributed by atoms with Crippen LogP contribution in [-0.2, 0) is 20.3 Å². The van der Waals surface area contributed by atoms with Crippen molar-refractivity contribution in [2.75, 3.05) is 30.9 Å². The topological polar surface area (TPSA) is 79.7 Å². The van der Waals surface area contributed by atoms with Crippen LogP contribution in [0.15, 0.2) is 18.3 Å². The van der Waals surface area contributed by atoms with E-state index < -0.39 is 9.84 Å². The molecule has 2 saturated heterocycles. The predicted octanol–water partition coefficient (Wildman–Crippen LogP) is 1.14. The minimum atomic E-state index is -3.04. The third-order valence-electron chi connectivity index (χ3n) is 4.79. The van der Waals surface area contributed by atoms with Crippen molar-refractivity contribution in [3.63, 3.8) is 0 Å². The second-order valence-electron chi connectivity index (χ2n) is 6.65. The number of aliphatic hydroxyl groups is 1. The summed E-state index contributed by atoms with van der Waals surface area (Å²) in [5.74, 6) is 0.867. The van der Waals surface area contributed by atoms with Gasteiger partial charge in [0.05, 0.1) is 17.5 Å². The number of ether oxygens (including phenoxy) is 1. The van der Waals surface area contributed by atoms with Gasteiger partial charge < -0.3 is 14.7 Å². The molecule has 1 spiro atoms. The summed E-state index contributed by atoms with van der Waals surface area (Å²) < 4.78 is 28.5. The smallest absolute Gasteiger partial charge is 0.151 e. The Balaban J connectivity index is 1.63. The normalized spacial score (nSPS) is 24.8. The van der Waals surface area contributed by atoms with E-state index in [0.717, 1.165) is 51.2 Å². The largest absolute Gasteiger partial charge is 0.390 e. The molecule has 0 aromatic carbocycles. The fourth-order valence-electron chi connectivity index (χ4n) is 3.50. The Morgan fingerprint density at radius 1 is 1.39 bits per heavy atom. The summed E-state index contributed by atoms with van der Waals surface area (Å²) in [6.07, 6.45) is 5.81. The van der Waals surface area contributed by atoms with Crippen molar-refractivity contribution in [2.45, 2.75) is 43.1 Å². The van der Waals surface area contributed by atoms with Gasteiger partial charge in [0.15, 0.2) is 9.84 Å². The molecule has 0 aliphatic carbocycles. The quantitative estimate of drug-likeness (QED) is 0.889. The van der Waals surface area contributed by atoms with Crippen LogP contribution < -0.4 is 4.90 Å². The summed E-state index contributed by atoms with van der Waals surface area (Å²) in [5, 5.41) is 10.3. The van der Waals surface area contributed by atoms with Crippen molar-refractivity contribution in [2.24, 2.45) is 0 Å². The maximum absolute atomic E-state index is 11.3. The number of hydrogen-bond donors (Lipinski definition) is 1. The van der Waals surface area contributed by atoms with Crippen molar-refractivity contribution in [1.29, 1.82) is 0 Å². The maximum atomic E-state index is 11.3. The van der Waals surface area contributed by atoms with Crippen LogP contribution in [0.2, 0.25) is 0 Å². The minimum absolute atomic E-state index is 0.0173. The lowest BCUT2D eigenvalue weighted by Crippen LogP contribution is -2.55. The minimum Gasteiger partial charge on any atom is -0.390 e. The predicted molar refractivity (Wildman–Crippen MR) is 88.2 cm³/mol. The molecule has 0 amide bonds. The van der Waals surface area contributed by atoms with Gasteiger partial charge in [0.1, 0.15) is 5.82 Å². The molecule has 7 heteroatoms. The summed E-state index contributed by atoms with van der Waals surface area (Å²) in [7, 11) is -3.04. The van der Waals surface area contributed by atoms with E-state index in [1.807, 2.05) is 12.1 Å². The van der Waals surface area contributed by atoms with Gasteiger partial charge in [-0.25, -0.2) is 13.4 Å². The first-order chi connectivity index (χ1) is 10.9. The number of rotatable bonds is 3. The van der Waals surface area contributed by atoms with Gasteiger partial charge in [-0.1, -0.05) is 6.07 Å². The van der Waals surface area contributed by atoms with E-state index in [0.29, 0.717) is 5.56 Å². The van der Waals surface area contributed by atoms with E-state index in [1.165, 1.54) is 6.26 Å². The molecule has 0 radical (unpaired) electrons. The van der Waals surface area contributed by atoms with E-state index in [1.54, 1.807) is 6.20 Å². The van der Waals surface area contributed by atoms with Gasteiger partial charge in [-0.3, -0.25) is 0 Å². The Labute approximate surface area is 137 Å². The molecule has 1 aromatic heterocycles. The molecule has 3 heterocycles. The fraction of sp³-hybridized carbons (Fsp3) is 0.688. The van der Waals surface area contributed by atoms with E-state index in [9.17, 15) is 13.5 Å². The Kier molecular flexibility index (Phi) is 4.62. The SMILES string of the molecule is CS(=O)(=O)Cc1ccc(N2CCC3(CC2)OCCCC3O)nc1. The van der Waals surface area contributed by atoms with Crippen LogP contribution in [0.1, 0.15) is 31.2 Å². The Bertz CT molecular complexity index is 637. The molecule has 1 unspecified atom stereocenters. The molecule has 3 rings (SSSR count). The van der Waals surface area contributed by atoms with Crippen molar-refractivity contribution in [3.8, 4) is 0 Å². The number of hydrogen-bond acceptors (Lipinski definition) is 6. The number of nitrogens with zero attached hydrogens (tertiary/aromatic N) is 2. The highest BCUT2D eigenvalue weighted by atomic mass is 32.2. The number of sulfone groups is 1. The summed E-state index contributed by atoms with van der Waals surface area (Å²) in [4.78, 5) is 6.56. The molecule has 1 N–H and O–H groups in total. The molecule has 2 aliphatic heterocycles. The van der Waals surface area contributed by atoms with E-state index in [2.05, 4.69) is 9.88 Å². The van der Waals surface area contributed by atoms with Gasteiger partial charge in [-0.2, -0.15) is 0 Å². The zero-order valence-electron chi connectivity index (χ0n) is 13.4. The van der Waals surface area contributed by atoms with Gasteiger partial charge >= 0.3 is 0 Å². The number of aromatic nitrogens is 1. The summed E-state index contributed by atoms with van der Waals surface area (Å²) in [6.45, 7) is 2.31. The zero-order chi connectivity index (χ0) is 16.5. The average molecular weight is 340 g/mol. The Hall–Kier alpha value is -1.18. The lowest BCUT2D eigenvalue weighted by atomic mass is 9.82. The Morgan fingerprint density at radius 3 is 2.70 bits per heavy atom. The third kappa shape index (κ3) is 3.84. The van der Waals surface area contributed by atoms with Gasteiger partial charge in [0, 0.05) is 32.1 Å². The van der Waals surface area contributed by atoms with Crippen LogP contribution in [0.3, 0.4) is 0 Å². The first-order valence-corrected chi connectivity index (χ1v) is 10.1. The maximum Gasteiger partial charge on any atom is 0.151 e. The first kappa shape index (κ1) is 16.7. The molecule has 128 valence electrons. The summed E-state index contributed by atoms with van der Waals surface area (Å²) in [5.41, 5.74) is 0.320. The van der Waals surface area contributed by atoms with E-state index in [-0.39, 0.29) is 17.5 Å². The number of aliphatic hydroxyl groups excluding tert-OH is 1. The average Bonchev–Trinajstić information content (AvgIpc) is 2.51. The molecule has 2 fully saturated rings. The molecule has 1 aromatic rings. The van der Waals surface area contributed by atoms with Crippen LogP contribution >= 0.6 is 0 Å². The molecule has 0 bridgehead atoms. The highest BCUT2D eigenvalue weighted by Crippen LogP contribution is 2.36. The van der Waals surface area contributed by atoms with Crippen LogP contribution in [0.5, 0.6) is 0 Å². The monoisotopic (exact) mass is 340 g/mol. The summed E-state index contributed by atoms with van der Waals surface area (Å²) in [6, 6.07) is 3.69. The van der Waals surface area contributed by atoms with Crippen LogP contribution in [-0.4, -0.2) is 56.2 Å². The zero-order valence-corrected chi connectivity index (χ0v) is 14.3. The van der Waals surface area contributed by atoms with Crippen LogP contribution in [0, 0.1) is 0 Å². The highest BCUT2D eigenvalue weighted by molar-refractivity contribution is 7.89. The fourth-order valence-corrected chi connectivity index (χ4v) is 4.27. The van der Waals surface area contributed by atoms with Gasteiger partial charge in [-0.05, 0) is 37.3 Å². The van der Waals surface area contributed by atoms with Gasteiger partial charge in [0.25, 0.3) is 0 Å². The van der Waals surface area contributed by atoms with Gasteiger partial charge in [-0.15, -0.1) is 0 Å². The van der Waals surface area contributed by atoms with E-state index >= 15 is 0 Å². The molecular weight excluding hydrogens is 316 g/mol. The third-order valence-corrected chi connectivity index (χ3v) is 5.65. The van der Waals surface area contributed by atoms with E-state index in [4.69, 9.17) is 4.74 Å².